The number of nitrogens with one attached hydrogen (secondary N) is 1. The number of sulfonamides is 1. The van der Waals surface area contributed by atoms with Crippen LogP contribution in [-0.4, -0.2) is 39.2 Å². The molecule has 37 heavy (non-hydrogen) atoms. The Hall–Kier alpha value is -3.92. The second-order valence-corrected chi connectivity index (χ2v) is 11.4. The van der Waals surface area contributed by atoms with Crippen LogP contribution in [0.1, 0.15) is 47.4 Å². The van der Waals surface area contributed by atoms with Gasteiger partial charge in [0.15, 0.2) is 5.78 Å². The Labute approximate surface area is 215 Å². The maximum atomic E-state index is 13.8. The SMILES string of the molecule is COc1ccc(OC)c(-n2c3c(cc(C=NNS(=O)(=O)c4ccc(C)cc4)c2=O)C(=O)CC(C)(C)C3)c1. The van der Waals surface area contributed by atoms with Gasteiger partial charge in [0.25, 0.3) is 15.6 Å². The van der Waals surface area contributed by atoms with E-state index in [4.69, 9.17) is 9.47 Å². The Kier molecular flexibility index (Phi) is 6.96. The third kappa shape index (κ3) is 5.29. The molecule has 0 saturated heterocycles. The highest BCUT2D eigenvalue weighted by atomic mass is 32.2. The maximum Gasteiger partial charge on any atom is 0.276 e. The highest BCUT2D eigenvalue weighted by molar-refractivity contribution is 7.89. The molecule has 1 N–H and O–H groups in total. The highest BCUT2D eigenvalue weighted by Gasteiger charge is 2.34. The summed E-state index contributed by atoms with van der Waals surface area (Å²) in [6.45, 7) is 5.80. The number of aromatic nitrogens is 1. The van der Waals surface area contributed by atoms with Crippen LogP contribution in [-0.2, 0) is 16.4 Å². The molecule has 4 rings (SSSR count). The number of aryl methyl sites for hydroxylation is 1. The van der Waals surface area contributed by atoms with Crippen LogP contribution < -0.4 is 19.9 Å². The summed E-state index contributed by atoms with van der Waals surface area (Å²) in [6, 6.07) is 12.8. The van der Waals surface area contributed by atoms with Gasteiger partial charge in [0.2, 0.25) is 0 Å². The van der Waals surface area contributed by atoms with E-state index in [0.717, 1.165) is 11.8 Å². The number of benzene rings is 2. The van der Waals surface area contributed by atoms with Crippen LogP contribution in [0.3, 0.4) is 0 Å². The quantitative estimate of drug-likeness (QED) is 0.374. The summed E-state index contributed by atoms with van der Waals surface area (Å²) < 4.78 is 37.6. The maximum absolute atomic E-state index is 13.8. The van der Waals surface area contributed by atoms with E-state index in [-0.39, 0.29) is 21.7 Å². The molecule has 1 aliphatic rings. The lowest BCUT2D eigenvalue weighted by Crippen LogP contribution is -2.36. The Balaban J connectivity index is 1.86. The highest BCUT2D eigenvalue weighted by Crippen LogP contribution is 2.37. The summed E-state index contributed by atoms with van der Waals surface area (Å²) >= 11 is 0. The Bertz CT molecular complexity index is 1550. The molecule has 0 saturated carbocycles. The van der Waals surface area contributed by atoms with Gasteiger partial charge in [-0.2, -0.15) is 13.5 Å². The number of carbonyl (C=O) groups excluding carboxylic acids is 1. The number of methoxy groups -OCH3 is 2. The van der Waals surface area contributed by atoms with E-state index in [9.17, 15) is 18.0 Å². The van der Waals surface area contributed by atoms with Crippen molar-refractivity contribution in [3.8, 4) is 17.2 Å². The second kappa shape index (κ2) is 9.85. The van der Waals surface area contributed by atoms with E-state index in [1.54, 1.807) is 30.3 Å². The largest absolute Gasteiger partial charge is 0.497 e. The normalized spacial score (nSPS) is 14.9. The number of nitrogens with zero attached hydrogens (tertiary/aromatic N) is 2. The molecule has 0 unspecified atom stereocenters. The second-order valence-electron chi connectivity index (χ2n) is 9.75. The summed E-state index contributed by atoms with van der Waals surface area (Å²) in [5.74, 6) is 0.801. The molecule has 0 bridgehead atoms. The molecule has 0 atom stereocenters. The number of ketones is 1. The van der Waals surface area contributed by atoms with Crippen LogP contribution >= 0.6 is 0 Å². The smallest absolute Gasteiger partial charge is 0.276 e. The summed E-state index contributed by atoms with van der Waals surface area (Å²) in [5.41, 5.74) is 1.46. The van der Waals surface area contributed by atoms with Crippen LogP contribution in [0, 0.1) is 12.3 Å². The molecule has 194 valence electrons. The van der Waals surface area contributed by atoms with Gasteiger partial charge in [-0.05, 0) is 49.1 Å². The number of hydrogen-bond acceptors (Lipinski definition) is 7. The van der Waals surface area contributed by atoms with Crippen LogP contribution in [0.4, 0.5) is 0 Å². The third-order valence-corrected chi connectivity index (χ3v) is 7.49. The van der Waals surface area contributed by atoms with Gasteiger partial charge in [-0.3, -0.25) is 14.2 Å². The van der Waals surface area contributed by atoms with E-state index in [0.29, 0.717) is 41.3 Å². The van der Waals surface area contributed by atoms with E-state index in [1.165, 1.54) is 37.0 Å². The fourth-order valence-electron chi connectivity index (χ4n) is 4.39. The topological polar surface area (TPSA) is 116 Å². The monoisotopic (exact) mass is 523 g/mol. The molecule has 0 aliphatic heterocycles. The molecule has 0 spiro atoms. The van der Waals surface area contributed by atoms with E-state index >= 15 is 0 Å². The van der Waals surface area contributed by atoms with Crippen molar-refractivity contribution >= 4 is 22.0 Å². The van der Waals surface area contributed by atoms with E-state index in [1.807, 2.05) is 20.8 Å². The lowest BCUT2D eigenvalue weighted by molar-refractivity contribution is 0.0908. The van der Waals surface area contributed by atoms with Crippen LogP contribution in [0.15, 0.2) is 63.3 Å². The molecule has 0 fully saturated rings. The Morgan fingerprint density at radius 1 is 1.00 bits per heavy atom. The minimum atomic E-state index is -3.95. The fourth-order valence-corrected chi connectivity index (χ4v) is 5.18. The van der Waals surface area contributed by atoms with Crippen molar-refractivity contribution in [3.05, 3.63) is 81.3 Å². The van der Waals surface area contributed by atoms with Crippen molar-refractivity contribution in [2.45, 2.75) is 38.5 Å². The Morgan fingerprint density at radius 2 is 1.70 bits per heavy atom. The van der Waals surface area contributed by atoms with Crippen molar-refractivity contribution in [3.63, 3.8) is 0 Å². The summed E-state index contributed by atoms with van der Waals surface area (Å²) in [7, 11) is -0.943. The zero-order chi connectivity index (χ0) is 27.0. The summed E-state index contributed by atoms with van der Waals surface area (Å²) in [6.07, 6.45) is 1.90. The van der Waals surface area contributed by atoms with Gasteiger partial charge in [-0.1, -0.05) is 31.5 Å². The van der Waals surface area contributed by atoms with Gasteiger partial charge in [0, 0.05) is 23.7 Å². The first kappa shape index (κ1) is 26.2. The average Bonchev–Trinajstić information content (AvgIpc) is 2.84. The molecule has 0 amide bonds. The van der Waals surface area contributed by atoms with Crippen molar-refractivity contribution in [1.82, 2.24) is 9.40 Å². The van der Waals surface area contributed by atoms with Gasteiger partial charge < -0.3 is 9.47 Å². The zero-order valence-electron chi connectivity index (χ0n) is 21.4. The zero-order valence-corrected chi connectivity index (χ0v) is 22.2. The number of ether oxygens (including phenoxy) is 2. The summed E-state index contributed by atoms with van der Waals surface area (Å²) in [5, 5.41) is 3.84. The fraction of sp³-hybridized carbons (Fsp3) is 0.296. The first-order chi connectivity index (χ1) is 17.5. The molecule has 2 aromatic carbocycles. The predicted molar refractivity (Wildman–Crippen MR) is 141 cm³/mol. The van der Waals surface area contributed by atoms with Crippen molar-refractivity contribution < 1.29 is 22.7 Å². The average molecular weight is 524 g/mol. The van der Waals surface area contributed by atoms with Crippen LogP contribution in [0.2, 0.25) is 0 Å². The van der Waals surface area contributed by atoms with Crippen molar-refractivity contribution in [2.75, 3.05) is 14.2 Å². The third-order valence-electron chi connectivity index (χ3n) is 6.25. The van der Waals surface area contributed by atoms with E-state index < -0.39 is 15.6 Å². The molecule has 0 radical (unpaired) electrons. The number of carbonyl (C=O) groups is 1. The standard InChI is InChI=1S/C27H29N3O6S/c1-17-6-9-20(10-7-17)37(33,34)29-28-16-18-12-21-23(14-27(2,3)15-24(21)31)30(26(18)32)22-13-19(35-4)8-11-25(22)36-5/h6-13,16,29H,14-15H2,1-5H3. The number of rotatable bonds is 7. The number of hydrogen-bond donors (Lipinski definition) is 1. The van der Waals surface area contributed by atoms with Gasteiger partial charge in [-0.15, -0.1) is 0 Å². The minimum Gasteiger partial charge on any atom is -0.497 e. The molecule has 1 heterocycles. The minimum absolute atomic E-state index is 0.0385. The Morgan fingerprint density at radius 3 is 2.35 bits per heavy atom. The van der Waals surface area contributed by atoms with Gasteiger partial charge in [-0.25, -0.2) is 4.83 Å². The number of Topliss-reactive ketones (excluding diaryl/α,β-unsaturated/α-hetero) is 1. The lowest BCUT2D eigenvalue weighted by Gasteiger charge is -2.32. The van der Waals surface area contributed by atoms with Crippen molar-refractivity contribution in [2.24, 2.45) is 10.5 Å². The van der Waals surface area contributed by atoms with Gasteiger partial charge in [0.05, 0.1) is 36.6 Å². The molecule has 9 nitrogen and oxygen atoms in total. The van der Waals surface area contributed by atoms with Crippen LogP contribution in [0.25, 0.3) is 5.69 Å². The first-order valence-electron chi connectivity index (χ1n) is 11.6. The lowest BCUT2D eigenvalue weighted by atomic mass is 9.75. The van der Waals surface area contributed by atoms with E-state index in [2.05, 4.69) is 9.93 Å². The van der Waals surface area contributed by atoms with Crippen molar-refractivity contribution in [1.29, 1.82) is 0 Å². The number of hydrazone groups is 1. The number of pyridine rings is 1. The number of fused-ring (bicyclic) bond motifs is 1. The summed E-state index contributed by atoms with van der Waals surface area (Å²) in [4.78, 5) is 29.1. The molecule has 1 aliphatic carbocycles. The molecule has 3 aromatic rings. The van der Waals surface area contributed by atoms with Gasteiger partial charge >= 0.3 is 0 Å². The molecular weight excluding hydrogens is 494 g/mol. The van der Waals surface area contributed by atoms with Crippen LogP contribution in [0.5, 0.6) is 11.5 Å². The van der Waals surface area contributed by atoms with Gasteiger partial charge in [0.1, 0.15) is 11.5 Å². The molecule has 1 aromatic heterocycles. The predicted octanol–water partition coefficient (Wildman–Crippen LogP) is 3.63. The molecule has 10 heteroatoms. The first-order valence-corrected chi connectivity index (χ1v) is 13.1. The molecular formula is C27H29N3O6S.